The zero-order chi connectivity index (χ0) is 12.7. The number of carbonyl (C=O) groups is 1. The summed E-state index contributed by atoms with van der Waals surface area (Å²) >= 11 is 0. The van der Waals surface area contributed by atoms with E-state index in [1.165, 1.54) is 0 Å². The summed E-state index contributed by atoms with van der Waals surface area (Å²) in [6.45, 7) is 9.17. The van der Waals surface area contributed by atoms with E-state index in [0.29, 0.717) is 19.1 Å². The van der Waals surface area contributed by atoms with Gasteiger partial charge in [0.1, 0.15) is 0 Å². The van der Waals surface area contributed by atoms with Gasteiger partial charge in [-0.2, -0.15) is 0 Å². The van der Waals surface area contributed by atoms with Gasteiger partial charge in [-0.3, -0.25) is 0 Å². The first-order valence-corrected chi connectivity index (χ1v) is 6.56. The summed E-state index contributed by atoms with van der Waals surface area (Å²) < 4.78 is 0. The predicted octanol–water partition coefficient (Wildman–Crippen LogP) is 2.15. The SMILES string of the molecule is CC(C)(C)C1NCCC12CCCN(C(=O)O)C2. The van der Waals surface area contributed by atoms with Crippen LogP contribution in [0.5, 0.6) is 0 Å². The molecule has 2 atom stereocenters. The van der Waals surface area contributed by atoms with E-state index in [9.17, 15) is 9.90 Å². The molecule has 2 aliphatic rings. The van der Waals surface area contributed by atoms with Crippen LogP contribution in [0.1, 0.15) is 40.0 Å². The van der Waals surface area contributed by atoms with Crippen molar-refractivity contribution in [3.63, 3.8) is 0 Å². The van der Waals surface area contributed by atoms with Crippen molar-refractivity contribution >= 4 is 6.09 Å². The van der Waals surface area contributed by atoms with Crippen LogP contribution in [0.25, 0.3) is 0 Å². The normalized spacial score (nSPS) is 34.3. The predicted molar refractivity (Wildman–Crippen MR) is 67.1 cm³/mol. The van der Waals surface area contributed by atoms with Crippen LogP contribution in [-0.4, -0.2) is 41.8 Å². The monoisotopic (exact) mass is 240 g/mol. The van der Waals surface area contributed by atoms with Gasteiger partial charge in [0.15, 0.2) is 0 Å². The van der Waals surface area contributed by atoms with Gasteiger partial charge in [-0.05, 0) is 31.2 Å². The van der Waals surface area contributed by atoms with Crippen LogP contribution < -0.4 is 5.32 Å². The third-order valence-electron chi connectivity index (χ3n) is 4.33. The molecule has 0 aromatic carbocycles. The van der Waals surface area contributed by atoms with Crippen molar-refractivity contribution in [2.45, 2.75) is 46.1 Å². The molecule has 2 unspecified atom stereocenters. The quantitative estimate of drug-likeness (QED) is 0.682. The maximum absolute atomic E-state index is 11.2. The highest BCUT2D eigenvalue weighted by Crippen LogP contribution is 2.46. The Bertz CT molecular complexity index is 311. The van der Waals surface area contributed by atoms with Crippen molar-refractivity contribution < 1.29 is 9.90 Å². The number of nitrogens with zero attached hydrogens (tertiary/aromatic N) is 1. The van der Waals surface area contributed by atoms with Gasteiger partial charge in [-0.15, -0.1) is 0 Å². The first-order chi connectivity index (χ1) is 7.85. The fraction of sp³-hybridized carbons (Fsp3) is 0.923. The highest BCUT2D eigenvalue weighted by molar-refractivity contribution is 5.65. The fourth-order valence-electron chi connectivity index (χ4n) is 3.81. The molecule has 1 amide bonds. The number of piperidine rings is 1. The van der Waals surface area contributed by atoms with Gasteiger partial charge in [0.25, 0.3) is 0 Å². The minimum Gasteiger partial charge on any atom is -0.465 e. The van der Waals surface area contributed by atoms with Gasteiger partial charge >= 0.3 is 6.09 Å². The van der Waals surface area contributed by atoms with Crippen molar-refractivity contribution in [1.82, 2.24) is 10.2 Å². The molecule has 17 heavy (non-hydrogen) atoms. The highest BCUT2D eigenvalue weighted by atomic mass is 16.4. The first kappa shape index (κ1) is 12.7. The molecule has 4 heteroatoms. The van der Waals surface area contributed by atoms with Crippen molar-refractivity contribution in [2.75, 3.05) is 19.6 Å². The summed E-state index contributed by atoms with van der Waals surface area (Å²) in [5.41, 5.74) is 0.354. The lowest BCUT2D eigenvalue weighted by Crippen LogP contribution is -2.55. The van der Waals surface area contributed by atoms with E-state index >= 15 is 0 Å². The fourth-order valence-corrected chi connectivity index (χ4v) is 3.81. The molecule has 1 spiro atoms. The molecule has 4 nitrogen and oxygen atoms in total. The average Bonchev–Trinajstić information content (AvgIpc) is 2.61. The number of hydrogen-bond donors (Lipinski definition) is 2. The Hall–Kier alpha value is -0.770. The highest BCUT2D eigenvalue weighted by Gasteiger charge is 2.50. The van der Waals surface area contributed by atoms with Gasteiger partial charge in [0.2, 0.25) is 0 Å². The molecule has 0 radical (unpaired) electrons. The van der Waals surface area contributed by atoms with Crippen LogP contribution >= 0.6 is 0 Å². The van der Waals surface area contributed by atoms with E-state index in [2.05, 4.69) is 26.1 Å². The summed E-state index contributed by atoms with van der Waals surface area (Å²) in [6.07, 6.45) is 2.51. The molecule has 0 aromatic rings. The molecule has 2 N–H and O–H groups in total. The Balaban J connectivity index is 2.19. The van der Waals surface area contributed by atoms with E-state index in [-0.39, 0.29) is 10.8 Å². The number of likely N-dealkylation sites (tertiary alicyclic amines) is 1. The van der Waals surface area contributed by atoms with E-state index < -0.39 is 6.09 Å². The zero-order valence-corrected chi connectivity index (χ0v) is 11.1. The van der Waals surface area contributed by atoms with Crippen molar-refractivity contribution in [1.29, 1.82) is 0 Å². The van der Waals surface area contributed by atoms with E-state index in [1.807, 2.05) is 0 Å². The van der Waals surface area contributed by atoms with Gasteiger partial charge in [0.05, 0.1) is 0 Å². The van der Waals surface area contributed by atoms with E-state index in [4.69, 9.17) is 0 Å². The van der Waals surface area contributed by atoms with Crippen LogP contribution in [0, 0.1) is 10.8 Å². The second kappa shape index (κ2) is 4.16. The van der Waals surface area contributed by atoms with Crippen molar-refractivity contribution in [3.8, 4) is 0 Å². The lowest BCUT2D eigenvalue weighted by molar-refractivity contribution is 0.0402. The lowest BCUT2D eigenvalue weighted by Gasteiger charge is -2.47. The Kier molecular flexibility index (Phi) is 3.10. The van der Waals surface area contributed by atoms with Gasteiger partial charge < -0.3 is 15.3 Å². The summed E-state index contributed by atoms with van der Waals surface area (Å²) in [5.74, 6) is 0. The van der Waals surface area contributed by atoms with E-state index in [1.54, 1.807) is 4.90 Å². The molecule has 0 bridgehead atoms. The molecule has 0 aliphatic carbocycles. The van der Waals surface area contributed by atoms with Crippen LogP contribution in [0.4, 0.5) is 4.79 Å². The van der Waals surface area contributed by atoms with Crippen LogP contribution in [-0.2, 0) is 0 Å². The second-order valence-electron chi connectivity index (χ2n) is 6.67. The number of carboxylic acid groups (broad SMARTS) is 1. The van der Waals surface area contributed by atoms with Crippen LogP contribution in [0.15, 0.2) is 0 Å². The molecule has 98 valence electrons. The largest absolute Gasteiger partial charge is 0.465 e. The number of rotatable bonds is 0. The van der Waals surface area contributed by atoms with Gasteiger partial charge in [-0.25, -0.2) is 4.79 Å². The molecule has 0 saturated carbocycles. The molecular formula is C13H24N2O2. The molecule has 2 aliphatic heterocycles. The minimum atomic E-state index is -0.761. The summed E-state index contributed by atoms with van der Waals surface area (Å²) in [4.78, 5) is 12.8. The zero-order valence-electron chi connectivity index (χ0n) is 11.1. The molecular weight excluding hydrogens is 216 g/mol. The maximum Gasteiger partial charge on any atom is 0.407 e. The third kappa shape index (κ3) is 2.28. The van der Waals surface area contributed by atoms with Crippen molar-refractivity contribution in [2.24, 2.45) is 10.8 Å². The third-order valence-corrected chi connectivity index (χ3v) is 4.33. The summed E-state index contributed by atoms with van der Waals surface area (Å²) in [5, 5.41) is 12.8. The Morgan fingerprint density at radius 3 is 2.71 bits per heavy atom. The molecule has 2 fully saturated rings. The van der Waals surface area contributed by atoms with Crippen LogP contribution in [0.2, 0.25) is 0 Å². The molecule has 2 heterocycles. The van der Waals surface area contributed by atoms with Gasteiger partial charge in [0, 0.05) is 24.5 Å². The number of hydrogen-bond acceptors (Lipinski definition) is 2. The summed E-state index contributed by atoms with van der Waals surface area (Å²) in [7, 11) is 0. The number of nitrogens with one attached hydrogen (secondary N) is 1. The Morgan fingerprint density at radius 1 is 1.41 bits per heavy atom. The maximum atomic E-state index is 11.2. The first-order valence-electron chi connectivity index (χ1n) is 6.56. The Labute approximate surface area is 103 Å². The van der Waals surface area contributed by atoms with Crippen molar-refractivity contribution in [3.05, 3.63) is 0 Å². The lowest BCUT2D eigenvalue weighted by atomic mass is 9.66. The Morgan fingerprint density at radius 2 is 2.12 bits per heavy atom. The standard InChI is InChI=1S/C13H24N2O2/c1-12(2,3)10-13(6-7-14-10)5-4-8-15(9-13)11(16)17/h10,14H,4-9H2,1-3H3,(H,16,17). The molecule has 2 rings (SSSR count). The molecule has 0 aromatic heterocycles. The number of amides is 1. The minimum absolute atomic E-state index is 0.162. The van der Waals surface area contributed by atoms with Crippen LogP contribution in [0.3, 0.4) is 0 Å². The topological polar surface area (TPSA) is 52.6 Å². The second-order valence-corrected chi connectivity index (χ2v) is 6.67. The summed E-state index contributed by atoms with van der Waals surface area (Å²) in [6, 6.07) is 0.428. The smallest absolute Gasteiger partial charge is 0.407 e. The average molecular weight is 240 g/mol. The molecule has 2 saturated heterocycles. The van der Waals surface area contributed by atoms with E-state index in [0.717, 1.165) is 25.8 Å². The van der Waals surface area contributed by atoms with Gasteiger partial charge in [-0.1, -0.05) is 20.8 Å².